The van der Waals surface area contributed by atoms with Crippen LogP contribution in [0.1, 0.15) is 19.3 Å². The van der Waals surface area contributed by atoms with Gasteiger partial charge in [-0.2, -0.15) is 0 Å². The zero-order valence-electron chi connectivity index (χ0n) is 4.53. The molecule has 0 aromatic carbocycles. The molecule has 0 spiro atoms. The Balaban J connectivity index is 2.08. The number of rotatable bonds is 0. The second-order valence-electron chi connectivity index (χ2n) is 3.02. The summed E-state index contributed by atoms with van der Waals surface area (Å²) in [6.45, 7) is 0. The van der Waals surface area contributed by atoms with Crippen LogP contribution in [0.5, 0.6) is 0 Å². The molecule has 0 nitrogen and oxygen atoms in total. The van der Waals surface area contributed by atoms with E-state index >= 15 is 0 Å². The van der Waals surface area contributed by atoms with Crippen molar-refractivity contribution in [2.24, 2.45) is 11.8 Å². The summed E-state index contributed by atoms with van der Waals surface area (Å²) in [6, 6.07) is 0. The molecule has 2 aliphatic rings. The minimum atomic E-state index is -2.28. The molecular formula is C6H8F2. The van der Waals surface area contributed by atoms with Crippen LogP contribution in [-0.2, 0) is 0 Å². The number of hydrogen-bond donors (Lipinski definition) is 0. The Morgan fingerprint density at radius 1 is 1.12 bits per heavy atom. The third kappa shape index (κ3) is 0.550. The van der Waals surface area contributed by atoms with Gasteiger partial charge in [0.15, 0.2) is 0 Å². The first-order valence-electron chi connectivity index (χ1n) is 3.05. The standard InChI is InChI=1S/C6H8F2/c7-6(8)2-4-1-5(4)3-6/h4-5H,1-3H2/t4-,5?/m1/s1. The van der Waals surface area contributed by atoms with Gasteiger partial charge in [-0.05, 0) is 18.3 Å². The Kier molecular flexibility index (Phi) is 0.628. The molecule has 2 saturated carbocycles. The number of alkyl halides is 2. The fraction of sp³-hybridized carbons (Fsp3) is 1.00. The third-order valence-electron chi connectivity index (χ3n) is 2.19. The third-order valence-corrected chi connectivity index (χ3v) is 2.19. The molecule has 2 fully saturated rings. The highest BCUT2D eigenvalue weighted by atomic mass is 19.3. The first-order valence-corrected chi connectivity index (χ1v) is 3.05. The van der Waals surface area contributed by atoms with E-state index in [4.69, 9.17) is 0 Å². The van der Waals surface area contributed by atoms with E-state index in [1.54, 1.807) is 0 Å². The smallest absolute Gasteiger partial charge is 0.207 e. The molecule has 0 aromatic heterocycles. The highest BCUT2D eigenvalue weighted by Crippen LogP contribution is 2.57. The van der Waals surface area contributed by atoms with Crippen LogP contribution in [0.4, 0.5) is 8.78 Å². The van der Waals surface area contributed by atoms with Crippen molar-refractivity contribution in [3.63, 3.8) is 0 Å². The van der Waals surface area contributed by atoms with E-state index in [-0.39, 0.29) is 12.8 Å². The lowest BCUT2D eigenvalue weighted by atomic mass is 10.2. The van der Waals surface area contributed by atoms with Gasteiger partial charge in [0.1, 0.15) is 0 Å². The van der Waals surface area contributed by atoms with Crippen LogP contribution in [0.25, 0.3) is 0 Å². The molecule has 0 saturated heterocycles. The largest absolute Gasteiger partial charge is 0.248 e. The van der Waals surface area contributed by atoms with Crippen LogP contribution in [0.15, 0.2) is 0 Å². The van der Waals surface area contributed by atoms with Crippen molar-refractivity contribution in [1.29, 1.82) is 0 Å². The molecule has 8 heavy (non-hydrogen) atoms. The summed E-state index contributed by atoms with van der Waals surface area (Å²) in [5.74, 6) is -1.47. The summed E-state index contributed by atoms with van der Waals surface area (Å²) < 4.78 is 24.5. The van der Waals surface area contributed by atoms with Gasteiger partial charge >= 0.3 is 0 Å². The molecule has 1 unspecified atom stereocenters. The van der Waals surface area contributed by atoms with E-state index in [2.05, 4.69) is 0 Å². The van der Waals surface area contributed by atoms with Crippen molar-refractivity contribution in [2.75, 3.05) is 0 Å². The van der Waals surface area contributed by atoms with E-state index in [1.165, 1.54) is 0 Å². The van der Waals surface area contributed by atoms with Crippen molar-refractivity contribution < 1.29 is 8.78 Å². The van der Waals surface area contributed by atoms with Gasteiger partial charge in [0.25, 0.3) is 0 Å². The van der Waals surface area contributed by atoms with Gasteiger partial charge in [-0.3, -0.25) is 0 Å². The summed E-state index contributed by atoms with van der Waals surface area (Å²) in [5, 5.41) is 0. The van der Waals surface area contributed by atoms with Gasteiger partial charge in [-0.25, -0.2) is 8.78 Å². The van der Waals surface area contributed by atoms with Crippen molar-refractivity contribution >= 4 is 0 Å². The van der Waals surface area contributed by atoms with Gasteiger partial charge in [0, 0.05) is 12.8 Å². The Morgan fingerprint density at radius 3 is 1.88 bits per heavy atom. The summed E-state index contributed by atoms with van der Waals surface area (Å²) in [7, 11) is 0. The molecule has 0 aromatic rings. The minimum Gasteiger partial charge on any atom is -0.207 e. The number of halogens is 2. The lowest BCUT2D eigenvalue weighted by Gasteiger charge is -2.07. The lowest BCUT2D eigenvalue weighted by molar-refractivity contribution is -0.00347. The molecule has 0 aliphatic heterocycles. The first kappa shape index (κ1) is 4.71. The van der Waals surface area contributed by atoms with Crippen molar-refractivity contribution in [3.8, 4) is 0 Å². The van der Waals surface area contributed by atoms with Crippen molar-refractivity contribution in [2.45, 2.75) is 25.2 Å². The van der Waals surface area contributed by atoms with E-state index in [9.17, 15) is 8.78 Å². The highest BCUT2D eigenvalue weighted by molar-refractivity contribution is 4.99. The van der Waals surface area contributed by atoms with Gasteiger partial charge in [-0.1, -0.05) is 0 Å². The molecule has 2 aliphatic carbocycles. The SMILES string of the molecule is FC1(F)CC2C[C@@H]2C1. The van der Waals surface area contributed by atoms with Crippen LogP contribution < -0.4 is 0 Å². The Labute approximate surface area is 46.9 Å². The quantitative estimate of drug-likeness (QED) is 0.456. The molecule has 0 bridgehead atoms. The molecule has 2 atom stereocenters. The second kappa shape index (κ2) is 1.07. The average Bonchev–Trinajstić information content (AvgIpc) is 2.11. The normalized spacial score (nSPS) is 48.8. The molecule has 0 radical (unpaired) electrons. The Morgan fingerprint density at radius 2 is 1.62 bits per heavy atom. The number of fused-ring (bicyclic) bond motifs is 1. The van der Waals surface area contributed by atoms with Gasteiger partial charge in [0.05, 0.1) is 0 Å². The maximum atomic E-state index is 12.2. The van der Waals surface area contributed by atoms with Gasteiger partial charge < -0.3 is 0 Å². The van der Waals surface area contributed by atoms with Crippen LogP contribution in [0.3, 0.4) is 0 Å². The fourth-order valence-corrected chi connectivity index (χ4v) is 1.66. The zero-order valence-corrected chi connectivity index (χ0v) is 4.53. The summed E-state index contributed by atoms with van der Waals surface area (Å²) in [6.07, 6.45) is 1.44. The van der Waals surface area contributed by atoms with Crippen molar-refractivity contribution in [3.05, 3.63) is 0 Å². The zero-order chi connectivity index (χ0) is 5.78. The maximum absolute atomic E-state index is 12.2. The Hall–Kier alpha value is -0.140. The highest BCUT2D eigenvalue weighted by Gasteiger charge is 2.54. The predicted molar refractivity (Wildman–Crippen MR) is 25.8 cm³/mol. The van der Waals surface area contributed by atoms with Crippen molar-refractivity contribution in [1.82, 2.24) is 0 Å². The molecule has 46 valence electrons. The summed E-state index contributed by atoms with van der Waals surface area (Å²) >= 11 is 0. The van der Waals surface area contributed by atoms with E-state index in [0.717, 1.165) is 6.42 Å². The van der Waals surface area contributed by atoms with Crippen LogP contribution in [0.2, 0.25) is 0 Å². The summed E-state index contributed by atoms with van der Waals surface area (Å²) in [4.78, 5) is 0. The number of hydrogen-bond acceptors (Lipinski definition) is 0. The minimum absolute atomic E-state index is 0.178. The van der Waals surface area contributed by atoms with Crippen LogP contribution in [-0.4, -0.2) is 5.92 Å². The predicted octanol–water partition coefficient (Wildman–Crippen LogP) is 2.05. The van der Waals surface area contributed by atoms with Crippen LogP contribution >= 0.6 is 0 Å². The van der Waals surface area contributed by atoms with Gasteiger partial charge in [-0.15, -0.1) is 0 Å². The molecule has 0 N–H and O–H groups in total. The monoisotopic (exact) mass is 118 g/mol. The van der Waals surface area contributed by atoms with Crippen LogP contribution in [0, 0.1) is 11.8 Å². The van der Waals surface area contributed by atoms with Gasteiger partial charge in [0.2, 0.25) is 5.92 Å². The maximum Gasteiger partial charge on any atom is 0.248 e. The molecular weight excluding hydrogens is 110 g/mol. The second-order valence-corrected chi connectivity index (χ2v) is 3.02. The van der Waals surface area contributed by atoms with E-state index in [0.29, 0.717) is 11.8 Å². The molecule has 2 heteroatoms. The fourth-order valence-electron chi connectivity index (χ4n) is 1.66. The Bertz CT molecular complexity index is 108. The molecule has 0 amide bonds. The lowest BCUT2D eigenvalue weighted by Crippen LogP contribution is -2.11. The van der Waals surface area contributed by atoms with E-state index in [1.807, 2.05) is 0 Å². The molecule has 0 heterocycles. The molecule has 2 rings (SSSR count). The summed E-state index contributed by atoms with van der Waals surface area (Å²) in [5.41, 5.74) is 0. The van der Waals surface area contributed by atoms with E-state index < -0.39 is 5.92 Å². The topological polar surface area (TPSA) is 0 Å². The first-order chi connectivity index (χ1) is 3.67. The average molecular weight is 118 g/mol.